The number of para-hydroxylation sites is 1. The van der Waals surface area contributed by atoms with Gasteiger partial charge in [0.2, 0.25) is 5.88 Å². The molecule has 0 amide bonds. The summed E-state index contributed by atoms with van der Waals surface area (Å²) < 4.78 is 6.82. The molecule has 0 spiro atoms. The predicted octanol–water partition coefficient (Wildman–Crippen LogP) is 5.50. The number of aromatic nitrogens is 2. The van der Waals surface area contributed by atoms with Crippen LogP contribution in [0.5, 0.6) is 5.88 Å². The standard InChI is InChI=1S/C18H16N2OS3/c1-2-22-12(10-16-19-13-6-3-4-7-14(13)23-16)11-17-20-18-15(24-17)8-5-9-21-18/h3-8,11H,2,9-10H2,1H3. The maximum absolute atomic E-state index is 5.57. The zero-order chi connectivity index (χ0) is 16.4. The molecule has 1 aromatic carbocycles. The van der Waals surface area contributed by atoms with Gasteiger partial charge in [0.25, 0.3) is 0 Å². The first-order valence-electron chi connectivity index (χ1n) is 7.80. The topological polar surface area (TPSA) is 35.0 Å². The van der Waals surface area contributed by atoms with E-state index >= 15 is 0 Å². The van der Waals surface area contributed by atoms with Crippen molar-refractivity contribution in [3.05, 3.63) is 50.1 Å². The molecule has 6 heteroatoms. The van der Waals surface area contributed by atoms with Crippen molar-refractivity contribution in [3.63, 3.8) is 0 Å². The van der Waals surface area contributed by atoms with Gasteiger partial charge in [-0.3, -0.25) is 0 Å². The molecule has 0 aliphatic carbocycles. The Morgan fingerprint density at radius 3 is 3.04 bits per heavy atom. The first-order chi connectivity index (χ1) is 11.8. The molecule has 122 valence electrons. The van der Waals surface area contributed by atoms with Crippen LogP contribution in [0, 0.1) is 0 Å². The molecule has 0 saturated heterocycles. The number of allylic oxidation sites excluding steroid dienone is 1. The van der Waals surface area contributed by atoms with E-state index in [-0.39, 0.29) is 0 Å². The zero-order valence-electron chi connectivity index (χ0n) is 13.2. The van der Waals surface area contributed by atoms with Crippen molar-refractivity contribution in [2.24, 2.45) is 0 Å². The minimum atomic E-state index is 0.613. The molecule has 3 nitrogen and oxygen atoms in total. The molecule has 0 bridgehead atoms. The van der Waals surface area contributed by atoms with Crippen LogP contribution in [0.15, 0.2) is 35.2 Å². The van der Waals surface area contributed by atoms with Crippen LogP contribution in [0.1, 0.15) is 21.8 Å². The fourth-order valence-corrected chi connectivity index (χ4v) is 5.37. The van der Waals surface area contributed by atoms with Crippen LogP contribution in [0.25, 0.3) is 22.4 Å². The van der Waals surface area contributed by atoms with Crippen molar-refractivity contribution in [3.8, 4) is 5.88 Å². The van der Waals surface area contributed by atoms with Gasteiger partial charge in [-0.05, 0) is 41.0 Å². The second-order valence-electron chi connectivity index (χ2n) is 5.23. The number of hydrogen-bond acceptors (Lipinski definition) is 6. The average molecular weight is 373 g/mol. The number of benzene rings is 1. The number of nitrogens with zero attached hydrogens (tertiary/aromatic N) is 2. The van der Waals surface area contributed by atoms with Crippen LogP contribution >= 0.6 is 34.4 Å². The van der Waals surface area contributed by atoms with Crippen molar-refractivity contribution in [2.75, 3.05) is 12.4 Å². The third-order valence-corrected chi connectivity index (χ3v) is 6.41. The van der Waals surface area contributed by atoms with Crippen LogP contribution in [0.2, 0.25) is 0 Å². The van der Waals surface area contributed by atoms with E-state index in [4.69, 9.17) is 9.72 Å². The smallest absolute Gasteiger partial charge is 0.232 e. The molecule has 2 aromatic heterocycles. The lowest BCUT2D eigenvalue weighted by atomic mass is 10.3. The lowest BCUT2D eigenvalue weighted by Crippen LogP contribution is -1.98. The minimum Gasteiger partial charge on any atom is -0.472 e. The van der Waals surface area contributed by atoms with Gasteiger partial charge < -0.3 is 4.74 Å². The third-order valence-electron chi connectivity index (χ3n) is 3.50. The highest BCUT2D eigenvalue weighted by Gasteiger charge is 2.13. The van der Waals surface area contributed by atoms with Gasteiger partial charge in [-0.2, -0.15) is 0 Å². The van der Waals surface area contributed by atoms with E-state index in [0.717, 1.165) is 38.5 Å². The van der Waals surface area contributed by atoms with Crippen LogP contribution in [0.3, 0.4) is 0 Å². The molecule has 4 rings (SSSR count). The number of hydrogen-bond donors (Lipinski definition) is 0. The summed E-state index contributed by atoms with van der Waals surface area (Å²) >= 11 is 5.30. The van der Waals surface area contributed by atoms with E-state index in [2.05, 4.69) is 42.3 Å². The first kappa shape index (κ1) is 15.9. The summed E-state index contributed by atoms with van der Waals surface area (Å²) in [5.41, 5.74) is 1.08. The highest BCUT2D eigenvalue weighted by atomic mass is 32.2. The van der Waals surface area contributed by atoms with Gasteiger partial charge in [0, 0.05) is 6.42 Å². The SMILES string of the molecule is CCSC(=Cc1nc2c(s1)C=CCO2)Cc1nc2ccccc2s1. The Balaban J connectivity index is 1.61. The van der Waals surface area contributed by atoms with Crippen LogP contribution in [0.4, 0.5) is 0 Å². The summed E-state index contributed by atoms with van der Waals surface area (Å²) in [7, 11) is 0. The van der Waals surface area contributed by atoms with E-state index in [1.54, 1.807) is 22.7 Å². The van der Waals surface area contributed by atoms with Crippen molar-refractivity contribution < 1.29 is 4.74 Å². The lowest BCUT2D eigenvalue weighted by molar-refractivity contribution is 0.346. The fraction of sp³-hybridized carbons (Fsp3) is 0.222. The molecule has 1 aliphatic rings. The summed E-state index contributed by atoms with van der Waals surface area (Å²) in [6.45, 7) is 2.79. The molecule has 0 atom stereocenters. The van der Waals surface area contributed by atoms with Crippen molar-refractivity contribution in [1.82, 2.24) is 9.97 Å². The van der Waals surface area contributed by atoms with Gasteiger partial charge in [0.1, 0.15) is 11.6 Å². The minimum absolute atomic E-state index is 0.613. The van der Waals surface area contributed by atoms with Gasteiger partial charge in [0.15, 0.2) is 0 Å². The number of ether oxygens (including phenoxy) is 1. The molecule has 0 radical (unpaired) electrons. The normalized spacial score (nSPS) is 14.0. The Bertz CT molecular complexity index is 890. The summed E-state index contributed by atoms with van der Waals surface area (Å²) in [5, 5.41) is 2.16. The predicted molar refractivity (Wildman–Crippen MR) is 106 cm³/mol. The molecular weight excluding hydrogens is 356 g/mol. The second-order valence-corrected chi connectivity index (χ2v) is 8.80. The second kappa shape index (κ2) is 7.09. The van der Waals surface area contributed by atoms with Gasteiger partial charge in [-0.15, -0.1) is 34.4 Å². The molecule has 0 N–H and O–H groups in total. The maximum Gasteiger partial charge on any atom is 0.232 e. The molecule has 0 fully saturated rings. The first-order valence-corrected chi connectivity index (χ1v) is 10.4. The molecule has 0 saturated carbocycles. The van der Waals surface area contributed by atoms with Gasteiger partial charge >= 0.3 is 0 Å². The van der Waals surface area contributed by atoms with Gasteiger partial charge in [0.05, 0.1) is 20.1 Å². The zero-order valence-corrected chi connectivity index (χ0v) is 15.6. The number of rotatable bonds is 5. The molecule has 3 heterocycles. The van der Waals surface area contributed by atoms with Crippen LogP contribution < -0.4 is 4.74 Å². The number of thioether (sulfide) groups is 1. The summed E-state index contributed by atoms with van der Waals surface area (Å²) in [6.07, 6.45) is 7.16. The average Bonchev–Trinajstić information content (AvgIpc) is 3.17. The molecular formula is C18H16N2OS3. The summed E-state index contributed by atoms with van der Waals surface area (Å²) in [6, 6.07) is 8.31. The molecule has 1 aliphatic heterocycles. The van der Waals surface area contributed by atoms with Crippen molar-refractivity contribution in [2.45, 2.75) is 13.3 Å². The Morgan fingerprint density at radius 2 is 2.21 bits per heavy atom. The Morgan fingerprint density at radius 1 is 1.29 bits per heavy atom. The van der Waals surface area contributed by atoms with Crippen LogP contribution in [-0.4, -0.2) is 22.3 Å². The summed E-state index contributed by atoms with van der Waals surface area (Å²) in [5.74, 6) is 1.80. The van der Waals surface area contributed by atoms with Crippen LogP contribution in [-0.2, 0) is 6.42 Å². The highest BCUT2D eigenvalue weighted by Crippen LogP contribution is 2.33. The molecule has 0 unspecified atom stereocenters. The van der Waals surface area contributed by atoms with E-state index in [1.165, 1.54) is 9.61 Å². The third kappa shape index (κ3) is 3.41. The van der Waals surface area contributed by atoms with Gasteiger partial charge in [-0.1, -0.05) is 19.1 Å². The monoisotopic (exact) mass is 372 g/mol. The lowest BCUT2D eigenvalue weighted by Gasteiger charge is -2.03. The fourth-order valence-electron chi connectivity index (χ4n) is 2.50. The Hall–Kier alpha value is -1.63. The molecule has 24 heavy (non-hydrogen) atoms. The highest BCUT2D eigenvalue weighted by molar-refractivity contribution is 8.03. The van der Waals surface area contributed by atoms with E-state index < -0.39 is 0 Å². The number of thiazole rings is 2. The summed E-state index contributed by atoms with van der Waals surface area (Å²) in [4.78, 5) is 11.8. The van der Waals surface area contributed by atoms with E-state index in [1.807, 2.05) is 23.9 Å². The van der Waals surface area contributed by atoms with Gasteiger partial charge in [-0.25, -0.2) is 9.97 Å². The Kier molecular flexibility index (Phi) is 4.69. The van der Waals surface area contributed by atoms with Crippen molar-refractivity contribution >= 4 is 56.8 Å². The maximum atomic E-state index is 5.57. The molecule has 3 aromatic rings. The largest absolute Gasteiger partial charge is 0.472 e. The Labute approximate surface area is 153 Å². The quantitative estimate of drug-likeness (QED) is 0.593. The number of fused-ring (bicyclic) bond motifs is 2. The van der Waals surface area contributed by atoms with Crippen molar-refractivity contribution in [1.29, 1.82) is 0 Å². The van der Waals surface area contributed by atoms with E-state index in [0.29, 0.717) is 6.61 Å². The van der Waals surface area contributed by atoms with E-state index in [9.17, 15) is 0 Å².